The summed E-state index contributed by atoms with van der Waals surface area (Å²) in [6.45, 7) is 4.13. The molecule has 3 N–H and O–H groups in total. The Morgan fingerprint density at radius 1 is 1.19 bits per heavy atom. The number of carbonyl (C=O) groups excluding carboxylic acids is 2. The minimum absolute atomic E-state index is 0.0751. The first-order valence-corrected chi connectivity index (χ1v) is 12.6. The number of nitrogens with zero attached hydrogens (tertiary/aromatic N) is 5. The van der Waals surface area contributed by atoms with Crippen molar-refractivity contribution in [2.45, 2.75) is 44.8 Å². The molecule has 0 spiro atoms. The van der Waals surface area contributed by atoms with Crippen LogP contribution in [0.2, 0.25) is 5.02 Å². The molecule has 3 aromatic rings. The number of rotatable bonds is 8. The number of carbonyl (C=O) groups is 2. The zero-order chi connectivity index (χ0) is 26.7. The van der Waals surface area contributed by atoms with Gasteiger partial charge in [-0.05, 0) is 32.0 Å². The van der Waals surface area contributed by atoms with Crippen LogP contribution in [0.3, 0.4) is 0 Å². The van der Waals surface area contributed by atoms with Gasteiger partial charge in [0.25, 0.3) is 5.91 Å². The summed E-state index contributed by atoms with van der Waals surface area (Å²) < 4.78 is 39.2. The highest BCUT2D eigenvalue weighted by Crippen LogP contribution is 2.35. The number of aromatic nitrogens is 4. The maximum atomic E-state index is 13.1. The predicted molar refractivity (Wildman–Crippen MR) is 133 cm³/mol. The summed E-state index contributed by atoms with van der Waals surface area (Å²) >= 11 is 6.61. The topological polar surface area (TPSA) is 127 Å². The summed E-state index contributed by atoms with van der Waals surface area (Å²) in [5.74, 6) is -1.27. The summed E-state index contributed by atoms with van der Waals surface area (Å²) in [5.41, 5.74) is 5.83. The van der Waals surface area contributed by atoms with Crippen LogP contribution in [0.5, 0.6) is 0 Å². The van der Waals surface area contributed by atoms with E-state index in [1.165, 1.54) is 12.5 Å². The third kappa shape index (κ3) is 6.40. The van der Waals surface area contributed by atoms with E-state index in [2.05, 4.69) is 30.2 Å². The van der Waals surface area contributed by atoms with Gasteiger partial charge in [0.2, 0.25) is 0 Å². The number of hydrogen-bond donors (Lipinski definition) is 2. The lowest BCUT2D eigenvalue weighted by Crippen LogP contribution is -2.23. The molecule has 0 bridgehead atoms. The number of nitrogen functional groups attached to an aromatic ring is 1. The van der Waals surface area contributed by atoms with E-state index in [9.17, 15) is 22.8 Å². The number of hydrogen-bond acceptors (Lipinski definition) is 9. The first kappa shape index (κ1) is 26.9. The van der Waals surface area contributed by atoms with E-state index >= 15 is 0 Å². The number of nitrogens with one attached hydrogen (secondary N) is 1. The van der Waals surface area contributed by atoms with E-state index in [1.54, 1.807) is 6.92 Å². The molecule has 1 atom stereocenters. The third-order valence-corrected chi connectivity index (χ3v) is 7.41. The molecule has 1 aliphatic heterocycles. The lowest BCUT2D eigenvalue weighted by atomic mass is 10.0. The van der Waals surface area contributed by atoms with E-state index in [0.717, 1.165) is 43.5 Å². The van der Waals surface area contributed by atoms with Gasteiger partial charge in [0.05, 0.1) is 21.8 Å². The van der Waals surface area contributed by atoms with Gasteiger partial charge in [0, 0.05) is 30.6 Å². The lowest BCUT2D eigenvalue weighted by molar-refractivity contribution is -0.137. The number of pyridine rings is 1. The highest BCUT2D eigenvalue weighted by molar-refractivity contribution is 7.13. The van der Waals surface area contributed by atoms with Crippen LogP contribution in [0.25, 0.3) is 0 Å². The predicted octanol–water partition coefficient (Wildman–Crippen LogP) is 4.81. The number of alkyl halides is 3. The zero-order valence-electron chi connectivity index (χ0n) is 19.7. The van der Waals surface area contributed by atoms with Crippen LogP contribution in [0.1, 0.15) is 68.4 Å². The average Bonchev–Trinajstić information content (AvgIpc) is 3.53. The molecule has 1 amide bonds. The zero-order valence-corrected chi connectivity index (χ0v) is 21.3. The molecule has 196 valence electrons. The highest BCUT2D eigenvalue weighted by Gasteiger charge is 2.34. The SMILES string of the molecule is CC(CC(=O)c1ncnc(N)c1CN1CCCC1)c1ncc(C(=O)Nc2cc(C(F)(F)F)c(Cl)cn2)s1. The number of thiazole rings is 1. The maximum absolute atomic E-state index is 13.1. The molecular weight excluding hydrogens is 531 g/mol. The fraction of sp³-hybridized carbons (Fsp3) is 0.391. The Balaban J connectivity index is 1.44. The molecule has 0 radical (unpaired) electrons. The molecule has 0 saturated carbocycles. The fourth-order valence-electron chi connectivity index (χ4n) is 3.97. The number of anilines is 2. The monoisotopic (exact) mass is 553 g/mol. The Morgan fingerprint density at radius 2 is 1.92 bits per heavy atom. The molecular formula is C23H23ClF3N7O2S. The van der Waals surface area contributed by atoms with Gasteiger partial charge in [-0.2, -0.15) is 13.2 Å². The molecule has 37 heavy (non-hydrogen) atoms. The van der Waals surface area contributed by atoms with Crippen molar-refractivity contribution in [1.29, 1.82) is 0 Å². The minimum Gasteiger partial charge on any atom is -0.383 e. The van der Waals surface area contributed by atoms with Crippen LogP contribution < -0.4 is 11.1 Å². The number of halogens is 4. The minimum atomic E-state index is -4.69. The first-order valence-electron chi connectivity index (χ1n) is 11.4. The molecule has 0 aliphatic carbocycles. The number of Topliss-reactive ketones (excluding diaryl/α,β-unsaturated/α-hetero) is 1. The second kappa shape index (κ2) is 11.1. The Labute approximate surface area is 219 Å². The first-order chi connectivity index (χ1) is 17.5. The molecule has 1 fully saturated rings. The normalized spacial score (nSPS) is 15.1. The fourth-order valence-corrected chi connectivity index (χ4v) is 5.05. The van der Waals surface area contributed by atoms with Crippen LogP contribution in [-0.2, 0) is 12.7 Å². The van der Waals surface area contributed by atoms with Gasteiger partial charge in [-0.25, -0.2) is 19.9 Å². The molecule has 1 aliphatic rings. The van der Waals surface area contributed by atoms with Gasteiger partial charge >= 0.3 is 6.18 Å². The van der Waals surface area contributed by atoms with Crippen molar-refractivity contribution in [2.24, 2.45) is 0 Å². The Hall–Kier alpha value is -3.16. The van der Waals surface area contributed by atoms with E-state index in [1.807, 2.05) is 0 Å². The van der Waals surface area contributed by atoms with Crippen LogP contribution >= 0.6 is 22.9 Å². The Morgan fingerprint density at radius 3 is 2.62 bits per heavy atom. The number of nitrogens with two attached hydrogens (primary N) is 1. The highest BCUT2D eigenvalue weighted by atomic mass is 35.5. The molecule has 1 unspecified atom stereocenters. The maximum Gasteiger partial charge on any atom is 0.418 e. The van der Waals surface area contributed by atoms with Crippen LogP contribution in [0.15, 0.2) is 24.8 Å². The molecule has 14 heteroatoms. The van der Waals surface area contributed by atoms with Gasteiger partial charge < -0.3 is 11.1 Å². The van der Waals surface area contributed by atoms with Gasteiger partial charge in [-0.3, -0.25) is 14.5 Å². The third-order valence-electron chi connectivity index (χ3n) is 5.89. The second-order valence-electron chi connectivity index (χ2n) is 8.66. The van der Waals surface area contributed by atoms with Crippen molar-refractivity contribution in [2.75, 3.05) is 24.1 Å². The van der Waals surface area contributed by atoms with Crippen LogP contribution in [0, 0.1) is 0 Å². The Kier molecular flexibility index (Phi) is 8.05. The average molecular weight is 554 g/mol. The van der Waals surface area contributed by atoms with E-state index < -0.39 is 22.7 Å². The van der Waals surface area contributed by atoms with Crippen LogP contribution in [0.4, 0.5) is 24.8 Å². The van der Waals surface area contributed by atoms with E-state index in [-0.39, 0.29) is 40.3 Å². The van der Waals surface area contributed by atoms with Crippen molar-refractivity contribution in [3.8, 4) is 0 Å². The molecule has 4 rings (SSSR count). The molecule has 3 aromatic heterocycles. The second-order valence-corrected chi connectivity index (χ2v) is 10.1. The molecule has 4 heterocycles. The van der Waals surface area contributed by atoms with Crippen molar-refractivity contribution in [3.63, 3.8) is 0 Å². The van der Waals surface area contributed by atoms with E-state index in [4.69, 9.17) is 17.3 Å². The molecule has 0 aromatic carbocycles. The van der Waals surface area contributed by atoms with E-state index in [0.29, 0.717) is 23.2 Å². The van der Waals surface area contributed by atoms with Gasteiger partial charge in [0.1, 0.15) is 28.5 Å². The summed E-state index contributed by atoms with van der Waals surface area (Å²) in [7, 11) is 0. The quantitative estimate of drug-likeness (QED) is 0.381. The number of likely N-dealkylation sites (tertiary alicyclic amines) is 1. The Bertz CT molecular complexity index is 1310. The lowest BCUT2D eigenvalue weighted by Gasteiger charge is -2.18. The van der Waals surface area contributed by atoms with Gasteiger partial charge in [-0.15, -0.1) is 11.3 Å². The van der Waals surface area contributed by atoms with Gasteiger partial charge in [0.15, 0.2) is 5.78 Å². The summed E-state index contributed by atoms with van der Waals surface area (Å²) in [6.07, 6.45) is 0.952. The van der Waals surface area contributed by atoms with Crippen molar-refractivity contribution < 1.29 is 22.8 Å². The van der Waals surface area contributed by atoms with Crippen LogP contribution in [-0.4, -0.2) is 49.6 Å². The smallest absolute Gasteiger partial charge is 0.383 e. The largest absolute Gasteiger partial charge is 0.418 e. The van der Waals surface area contributed by atoms with Gasteiger partial charge in [-0.1, -0.05) is 18.5 Å². The number of amides is 1. The van der Waals surface area contributed by atoms with Crippen molar-refractivity contribution >= 4 is 46.3 Å². The summed E-state index contributed by atoms with van der Waals surface area (Å²) in [6, 6.07) is 0.663. The van der Waals surface area contributed by atoms with Crippen molar-refractivity contribution in [3.05, 3.63) is 56.5 Å². The summed E-state index contributed by atoms with van der Waals surface area (Å²) in [5, 5.41) is 2.27. The standard InChI is InChI=1S/C23H23ClF3N7O2S/c1-12(6-16(35)19-13(20(28)32-11-31-19)10-34-4-2-3-5-34)22-30-9-17(37-22)21(36)33-18-7-14(23(25,26)27)15(24)8-29-18/h7-9,11-12H,2-6,10H2,1H3,(H2,28,31,32)(H,29,33,36). The number of ketones is 1. The molecule has 1 saturated heterocycles. The molecule has 9 nitrogen and oxygen atoms in total. The summed E-state index contributed by atoms with van der Waals surface area (Å²) in [4.78, 5) is 44.3. The van der Waals surface area contributed by atoms with Crippen molar-refractivity contribution in [1.82, 2.24) is 24.8 Å².